The fraction of sp³-hybridized carbons (Fsp3) is 0.556. The zero-order valence-electron chi connectivity index (χ0n) is 13.8. The molecule has 0 heterocycles. The van der Waals surface area contributed by atoms with Crippen molar-refractivity contribution in [3.63, 3.8) is 0 Å². The summed E-state index contributed by atoms with van der Waals surface area (Å²) in [6.07, 6.45) is 3.79. The van der Waals surface area contributed by atoms with Gasteiger partial charge in [0.25, 0.3) is 0 Å². The van der Waals surface area contributed by atoms with Crippen LogP contribution in [-0.2, 0) is 16.1 Å². The number of nitrogens with zero attached hydrogens (tertiary/aromatic N) is 1. The van der Waals surface area contributed by atoms with E-state index in [1.807, 2.05) is 30.3 Å². The average Bonchev–Trinajstić information content (AvgIpc) is 2.97. The van der Waals surface area contributed by atoms with Gasteiger partial charge in [-0.3, -0.25) is 9.59 Å². The summed E-state index contributed by atoms with van der Waals surface area (Å²) in [5.41, 5.74) is 0.309. The van der Waals surface area contributed by atoms with Crippen LogP contribution in [0.15, 0.2) is 30.3 Å². The number of carbonyl (C=O) groups excluding carboxylic acids is 2. The van der Waals surface area contributed by atoms with Gasteiger partial charge in [-0.05, 0) is 18.4 Å². The van der Waals surface area contributed by atoms with Crippen molar-refractivity contribution >= 4 is 11.8 Å². The lowest BCUT2D eigenvalue weighted by atomic mass is 10.0. The van der Waals surface area contributed by atoms with Crippen LogP contribution in [0.2, 0.25) is 0 Å². The molecule has 23 heavy (non-hydrogen) atoms. The highest BCUT2D eigenvalue weighted by Crippen LogP contribution is 2.28. The number of rotatable bonds is 7. The van der Waals surface area contributed by atoms with E-state index in [4.69, 9.17) is 0 Å². The standard InChI is InChI=1S/C18H26N2O3/c1-15(21)20(13-16-7-3-2-4-8-16)12-9-17(22)19-14-18(23)10-5-6-11-18/h2-4,7-8,23H,5-6,9-14H2,1H3,(H,19,22). The predicted octanol–water partition coefficient (Wildman–Crippen LogP) is 1.85. The Balaban J connectivity index is 1.77. The van der Waals surface area contributed by atoms with Gasteiger partial charge in [0.15, 0.2) is 0 Å². The third-order valence-corrected chi connectivity index (χ3v) is 4.42. The zero-order valence-corrected chi connectivity index (χ0v) is 13.8. The largest absolute Gasteiger partial charge is 0.388 e. The lowest BCUT2D eigenvalue weighted by molar-refractivity contribution is -0.130. The first-order valence-corrected chi connectivity index (χ1v) is 8.27. The van der Waals surface area contributed by atoms with Crippen LogP contribution >= 0.6 is 0 Å². The van der Waals surface area contributed by atoms with Crippen LogP contribution in [0.25, 0.3) is 0 Å². The maximum Gasteiger partial charge on any atom is 0.221 e. The molecule has 1 saturated carbocycles. The van der Waals surface area contributed by atoms with E-state index < -0.39 is 5.60 Å². The van der Waals surface area contributed by atoms with E-state index in [0.29, 0.717) is 19.6 Å². The quantitative estimate of drug-likeness (QED) is 0.806. The molecule has 1 fully saturated rings. The van der Waals surface area contributed by atoms with Gasteiger partial charge in [-0.25, -0.2) is 0 Å². The Labute approximate surface area is 137 Å². The summed E-state index contributed by atoms with van der Waals surface area (Å²) in [4.78, 5) is 25.4. The zero-order chi connectivity index (χ0) is 16.7. The van der Waals surface area contributed by atoms with E-state index in [2.05, 4.69) is 5.32 Å². The maximum absolute atomic E-state index is 12.0. The molecule has 0 bridgehead atoms. The van der Waals surface area contributed by atoms with E-state index >= 15 is 0 Å². The molecule has 126 valence electrons. The Bertz CT molecular complexity index is 524. The summed E-state index contributed by atoms with van der Waals surface area (Å²) < 4.78 is 0. The highest BCUT2D eigenvalue weighted by Gasteiger charge is 2.31. The molecular weight excluding hydrogens is 292 g/mol. The van der Waals surface area contributed by atoms with E-state index in [9.17, 15) is 14.7 Å². The average molecular weight is 318 g/mol. The summed E-state index contributed by atoms with van der Waals surface area (Å²) in [6, 6.07) is 9.73. The highest BCUT2D eigenvalue weighted by atomic mass is 16.3. The Morgan fingerprint density at radius 1 is 1.22 bits per heavy atom. The molecule has 1 aromatic carbocycles. The Morgan fingerprint density at radius 3 is 2.48 bits per heavy atom. The molecule has 5 nitrogen and oxygen atoms in total. The number of hydrogen-bond acceptors (Lipinski definition) is 3. The Hall–Kier alpha value is -1.88. The monoisotopic (exact) mass is 318 g/mol. The Kier molecular flexibility index (Phi) is 6.16. The van der Waals surface area contributed by atoms with Crippen LogP contribution < -0.4 is 5.32 Å². The summed E-state index contributed by atoms with van der Waals surface area (Å²) in [6.45, 7) is 2.72. The number of carbonyl (C=O) groups is 2. The SMILES string of the molecule is CC(=O)N(CCC(=O)NCC1(O)CCCC1)Cc1ccccc1. The van der Waals surface area contributed by atoms with Crippen molar-refractivity contribution in [1.29, 1.82) is 0 Å². The van der Waals surface area contributed by atoms with Gasteiger partial charge in [-0.1, -0.05) is 43.2 Å². The predicted molar refractivity (Wildman–Crippen MR) is 88.6 cm³/mol. The van der Waals surface area contributed by atoms with E-state index in [-0.39, 0.29) is 18.2 Å². The molecule has 0 radical (unpaired) electrons. The summed E-state index contributed by atoms with van der Waals surface area (Å²) in [7, 11) is 0. The lowest BCUT2D eigenvalue weighted by Crippen LogP contribution is -2.42. The highest BCUT2D eigenvalue weighted by molar-refractivity contribution is 5.78. The third kappa shape index (κ3) is 5.67. The first-order chi connectivity index (χ1) is 11.0. The van der Waals surface area contributed by atoms with Crippen LogP contribution in [0.4, 0.5) is 0 Å². The van der Waals surface area contributed by atoms with Gasteiger partial charge in [0.1, 0.15) is 0 Å². The minimum absolute atomic E-state index is 0.0453. The van der Waals surface area contributed by atoms with Crippen LogP contribution in [0.1, 0.15) is 44.6 Å². The summed E-state index contributed by atoms with van der Waals surface area (Å²) >= 11 is 0. The van der Waals surface area contributed by atoms with Crippen LogP contribution in [0.3, 0.4) is 0 Å². The minimum atomic E-state index is -0.736. The Morgan fingerprint density at radius 2 is 1.87 bits per heavy atom. The molecule has 2 amide bonds. The second-order valence-corrected chi connectivity index (χ2v) is 6.38. The smallest absolute Gasteiger partial charge is 0.221 e. The first-order valence-electron chi connectivity index (χ1n) is 8.27. The molecule has 1 aliphatic carbocycles. The van der Waals surface area contributed by atoms with Gasteiger partial charge in [0, 0.05) is 33.0 Å². The minimum Gasteiger partial charge on any atom is -0.388 e. The molecule has 1 aromatic rings. The number of aliphatic hydroxyl groups is 1. The molecule has 0 spiro atoms. The van der Waals surface area contributed by atoms with Crippen molar-refractivity contribution in [2.45, 2.75) is 51.2 Å². The number of hydrogen-bond donors (Lipinski definition) is 2. The molecule has 0 atom stereocenters. The lowest BCUT2D eigenvalue weighted by Gasteiger charge is -2.24. The van der Waals surface area contributed by atoms with Crippen molar-refractivity contribution in [1.82, 2.24) is 10.2 Å². The van der Waals surface area contributed by atoms with Crippen LogP contribution in [-0.4, -0.2) is 40.5 Å². The third-order valence-electron chi connectivity index (χ3n) is 4.42. The van der Waals surface area contributed by atoms with Crippen molar-refractivity contribution in [2.75, 3.05) is 13.1 Å². The van der Waals surface area contributed by atoms with Gasteiger partial charge in [0.2, 0.25) is 11.8 Å². The van der Waals surface area contributed by atoms with Crippen LogP contribution in [0, 0.1) is 0 Å². The number of nitrogens with one attached hydrogen (secondary N) is 1. The van der Waals surface area contributed by atoms with Gasteiger partial charge >= 0.3 is 0 Å². The van der Waals surface area contributed by atoms with E-state index in [0.717, 1.165) is 31.2 Å². The van der Waals surface area contributed by atoms with Crippen molar-refractivity contribution < 1.29 is 14.7 Å². The van der Waals surface area contributed by atoms with Crippen molar-refractivity contribution in [3.8, 4) is 0 Å². The number of benzene rings is 1. The van der Waals surface area contributed by atoms with Gasteiger partial charge in [0.05, 0.1) is 5.60 Å². The maximum atomic E-state index is 12.0. The molecule has 0 aliphatic heterocycles. The van der Waals surface area contributed by atoms with Gasteiger partial charge in [-0.2, -0.15) is 0 Å². The van der Waals surface area contributed by atoms with Gasteiger partial charge in [-0.15, -0.1) is 0 Å². The number of amides is 2. The molecule has 1 aliphatic rings. The first kappa shape index (κ1) is 17.5. The molecule has 0 unspecified atom stereocenters. The molecule has 2 rings (SSSR count). The second kappa shape index (κ2) is 8.11. The van der Waals surface area contributed by atoms with E-state index in [1.54, 1.807) is 4.90 Å². The molecule has 5 heteroatoms. The fourth-order valence-corrected chi connectivity index (χ4v) is 2.95. The molecular formula is C18H26N2O3. The van der Waals surface area contributed by atoms with Gasteiger partial charge < -0.3 is 15.3 Å². The normalized spacial score (nSPS) is 16.1. The second-order valence-electron chi connectivity index (χ2n) is 6.38. The molecule has 0 saturated heterocycles. The molecule has 2 N–H and O–H groups in total. The van der Waals surface area contributed by atoms with Crippen molar-refractivity contribution in [2.24, 2.45) is 0 Å². The molecule has 0 aromatic heterocycles. The topological polar surface area (TPSA) is 69.6 Å². The van der Waals surface area contributed by atoms with E-state index in [1.165, 1.54) is 6.92 Å². The van der Waals surface area contributed by atoms with Crippen molar-refractivity contribution in [3.05, 3.63) is 35.9 Å². The fourth-order valence-electron chi connectivity index (χ4n) is 2.95. The summed E-state index contributed by atoms with van der Waals surface area (Å²) in [5, 5.41) is 13.0. The summed E-state index contributed by atoms with van der Waals surface area (Å²) in [5.74, 6) is -0.166. The van der Waals surface area contributed by atoms with Crippen LogP contribution in [0.5, 0.6) is 0 Å².